The van der Waals surface area contributed by atoms with Gasteiger partial charge >= 0.3 is 6.03 Å². The van der Waals surface area contributed by atoms with Gasteiger partial charge in [-0.25, -0.2) is 4.79 Å². The predicted molar refractivity (Wildman–Crippen MR) is 128 cm³/mol. The van der Waals surface area contributed by atoms with Gasteiger partial charge in [0.15, 0.2) is 0 Å². The Balaban J connectivity index is 1.28. The highest BCUT2D eigenvalue weighted by atomic mass is 16.2. The summed E-state index contributed by atoms with van der Waals surface area (Å²) in [5.74, 6) is -0.863. The lowest BCUT2D eigenvalue weighted by Gasteiger charge is -2.22. The number of carbonyl (C=O) groups is 3. The SMILES string of the molecule is CC1(c2ccc3ccccc3c2)NC(=O)N(CC(=O)Nc2ccc(N3CCCC3)cc2)C1=O. The molecule has 2 N–H and O–H groups in total. The number of anilines is 2. The molecule has 1 unspecified atom stereocenters. The van der Waals surface area contributed by atoms with Crippen LogP contribution in [-0.2, 0) is 15.1 Å². The summed E-state index contributed by atoms with van der Waals surface area (Å²) in [5, 5.41) is 7.59. The zero-order valence-corrected chi connectivity index (χ0v) is 18.5. The van der Waals surface area contributed by atoms with E-state index < -0.39 is 23.4 Å². The number of amides is 4. The number of benzene rings is 3. The quantitative estimate of drug-likeness (QED) is 0.588. The Morgan fingerprint density at radius 2 is 1.67 bits per heavy atom. The second-order valence-electron chi connectivity index (χ2n) is 8.80. The molecule has 2 aliphatic rings. The van der Waals surface area contributed by atoms with Gasteiger partial charge in [-0.1, -0.05) is 36.4 Å². The number of urea groups is 1. The molecular weight excluding hydrogens is 416 g/mol. The van der Waals surface area contributed by atoms with Gasteiger partial charge in [-0.2, -0.15) is 0 Å². The van der Waals surface area contributed by atoms with Crippen LogP contribution in [0.1, 0.15) is 25.3 Å². The molecule has 0 saturated carbocycles. The normalized spacial score (nSPS) is 20.4. The van der Waals surface area contributed by atoms with Crippen LogP contribution in [0.3, 0.4) is 0 Å². The lowest BCUT2D eigenvalue weighted by molar-refractivity contribution is -0.133. The van der Waals surface area contributed by atoms with E-state index in [4.69, 9.17) is 0 Å². The van der Waals surface area contributed by atoms with Crippen LogP contribution >= 0.6 is 0 Å². The summed E-state index contributed by atoms with van der Waals surface area (Å²) >= 11 is 0. The Labute approximate surface area is 192 Å². The second kappa shape index (κ2) is 8.24. The van der Waals surface area contributed by atoms with Gasteiger partial charge in [-0.05, 0) is 66.4 Å². The number of imide groups is 1. The molecule has 4 amide bonds. The van der Waals surface area contributed by atoms with Crippen LogP contribution < -0.4 is 15.5 Å². The molecule has 2 aliphatic heterocycles. The van der Waals surface area contributed by atoms with E-state index in [9.17, 15) is 14.4 Å². The molecule has 0 aromatic heterocycles. The molecule has 3 aromatic rings. The molecule has 3 aromatic carbocycles. The molecule has 0 aliphatic carbocycles. The van der Waals surface area contributed by atoms with Crippen molar-refractivity contribution in [1.82, 2.24) is 10.2 Å². The minimum absolute atomic E-state index is 0.346. The van der Waals surface area contributed by atoms with Crippen LogP contribution in [0.25, 0.3) is 10.8 Å². The molecule has 2 fully saturated rings. The first-order chi connectivity index (χ1) is 15.9. The van der Waals surface area contributed by atoms with Gasteiger partial charge < -0.3 is 15.5 Å². The third-order valence-corrected chi connectivity index (χ3v) is 6.53. The summed E-state index contributed by atoms with van der Waals surface area (Å²) < 4.78 is 0. The summed E-state index contributed by atoms with van der Waals surface area (Å²) in [6.07, 6.45) is 2.39. The third-order valence-electron chi connectivity index (χ3n) is 6.53. The molecule has 0 spiro atoms. The molecule has 7 heteroatoms. The van der Waals surface area contributed by atoms with Crippen LogP contribution in [0.2, 0.25) is 0 Å². The average molecular weight is 443 g/mol. The number of fused-ring (bicyclic) bond motifs is 1. The number of rotatable bonds is 5. The van der Waals surface area contributed by atoms with Crippen LogP contribution in [0.15, 0.2) is 66.7 Å². The highest BCUT2D eigenvalue weighted by Crippen LogP contribution is 2.31. The van der Waals surface area contributed by atoms with Gasteiger partial charge in [0.05, 0.1) is 0 Å². The lowest BCUT2D eigenvalue weighted by atomic mass is 9.90. The van der Waals surface area contributed by atoms with Gasteiger partial charge in [0.1, 0.15) is 12.1 Å². The highest BCUT2D eigenvalue weighted by molar-refractivity contribution is 6.10. The molecule has 1 atom stereocenters. The van der Waals surface area contributed by atoms with E-state index >= 15 is 0 Å². The minimum Gasteiger partial charge on any atom is -0.372 e. The Morgan fingerprint density at radius 3 is 2.39 bits per heavy atom. The number of hydrogen-bond acceptors (Lipinski definition) is 4. The summed E-state index contributed by atoms with van der Waals surface area (Å²) in [4.78, 5) is 41.8. The molecule has 0 bridgehead atoms. The first-order valence-electron chi connectivity index (χ1n) is 11.2. The second-order valence-corrected chi connectivity index (χ2v) is 8.80. The molecule has 0 radical (unpaired) electrons. The summed E-state index contributed by atoms with van der Waals surface area (Å²) in [7, 11) is 0. The zero-order valence-electron chi connectivity index (χ0n) is 18.5. The van der Waals surface area contributed by atoms with Gasteiger partial charge in [-0.15, -0.1) is 0 Å². The Hall–Kier alpha value is -3.87. The zero-order chi connectivity index (χ0) is 23.0. The van der Waals surface area contributed by atoms with Crippen molar-refractivity contribution in [2.45, 2.75) is 25.3 Å². The van der Waals surface area contributed by atoms with Crippen molar-refractivity contribution in [1.29, 1.82) is 0 Å². The van der Waals surface area contributed by atoms with Gasteiger partial charge in [-0.3, -0.25) is 14.5 Å². The summed E-state index contributed by atoms with van der Waals surface area (Å²) in [5.41, 5.74) is 1.22. The lowest BCUT2D eigenvalue weighted by Crippen LogP contribution is -2.42. The van der Waals surface area contributed by atoms with Crippen molar-refractivity contribution < 1.29 is 14.4 Å². The fourth-order valence-corrected chi connectivity index (χ4v) is 4.61. The Kier molecular flexibility index (Phi) is 5.24. The predicted octanol–water partition coefficient (Wildman–Crippen LogP) is 3.85. The average Bonchev–Trinajstić information content (AvgIpc) is 3.43. The van der Waals surface area contributed by atoms with Gasteiger partial charge in [0.25, 0.3) is 5.91 Å². The molecule has 7 nitrogen and oxygen atoms in total. The first kappa shape index (κ1) is 21.0. The van der Waals surface area contributed by atoms with Crippen LogP contribution in [0.5, 0.6) is 0 Å². The maximum Gasteiger partial charge on any atom is 0.325 e. The van der Waals surface area contributed by atoms with E-state index in [1.807, 2.05) is 66.7 Å². The van der Waals surface area contributed by atoms with E-state index in [0.717, 1.165) is 34.4 Å². The van der Waals surface area contributed by atoms with E-state index in [-0.39, 0.29) is 6.54 Å². The largest absolute Gasteiger partial charge is 0.372 e. The first-order valence-corrected chi connectivity index (χ1v) is 11.2. The Bertz CT molecular complexity index is 1230. The van der Waals surface area contributed by atoms with Crippen LogP contribution in [0, 0.1) is 0 Å². The van der Waals surface area contributed by atoms with E-state index in [1.54, 1.807) is 6.92 Å². The third kappa shape index (κ3) is 3.91. The molecule has 5 rings (SSSR count). The summed E-state index contributed by atoms with van der Waals surface area (Å²) in [6.45, 7) is 3.43. The smallest absolute Gasteiger partial charge is 0.325 e. The molecule has 2 heterocycles. The van der Waals surface area contributed by atoms with Crippen LogP contribution in [-0.4, -0.2) is 42.4 Å². The van der Waals surface area contributed by atoms with Crippen molar-refractivity contribution in [3.8, 4) is 0 Å². The van der Waals surface area contributed by atoms with E-state index in [0.29, 0.717) is 11.3 Å². The van der Waals surface area contributed by atoms with Gasteiger partial charge in [0, 0.05) is 24.5 Å². The maximum absolute atomic E-state index is 13.2. The number of nitrogens with one attached hydrogen (secondary N) is 2. The van der Waals surface area contributed by atoms with Crippen LogP contribution in [0.4, 0.5) is 16.2 Å². The van der Waals surface area contributed by atoms with Gasteiger partial charge in [0.2, 0.25) is 5.91 Å². The molecule has 168 valence electrons. The Morgan fingerprint density at radius 1 is 0.970 bits per heavy atom. The van der Waals surface area contributed by atoms with E-state index in [1.165, 1.54) is 12.8 Å². The molecule has 33 heavy (non-hydrogen) atoms. The molecular formula is C26H26N4O3. The van der Waals surface area contributed by atoms with Crippen molar-refractivity contribution >= 4 is 40.0 Å². The number of hydrogen-bond donors (Lipinski definition) is 2. The fraction of sp³-hybridized carbons (Fsp3) is 0.269. The number of nitrogens with zero attached hydrogens (tertiary/aromatic N) is 2. The van der Waals surface area contributed by atoms with Crippen molar-refractivity contribution in [2.75, 3.05) is 29.9 Å². The maximum atomic E-state index is 13.2. The summed E-state index contributed by atoms with van der Waals surface area (Å²) in [6, 6.07) is 20.6. The molecule has 2 saturated heterocycles. The van der Waals surface area contributed by atoms with Crippen molar-refractivity contribution in [3.05, 3.63) is 72.3 Å². The van der Waals surface area contributed by atoms with E-state index in [2.05, 4.69) is 15.5 Å². The number of carbonyl (C=O) groups excluding carboxylic acids is 3. The van der Waals surface area contributed by atoms with Crippen molar-refractivity contribution in [2.24, 2.45) is 0 Å². The topological polar surface area (TPSA) is 81.8 Å². The highest BCUT2D eigenvalue weighted by Gasteiger charge is 2.49. The van der Waals surface area contributed by atoms with Crippen molar-refractivity contribution in [3.63, 3.8) is 0 Å². The fourth-order valence-electron chi connectivity index (χ4n) is 4.61. The standard InChI is InChI=1S/C26H26N4O3/c1-26(20-9-8-18-6-2-3-7-19(18)16-20)24(32)30(25(33)28-26)17-23(31)27-21-10-12-22(13-11-21)29-14-4-5-15-29/h2-3,6-13,16H,4-5,14-15,17H2,1H3,(H,27,31)(H,28,33). The monoisotopic (exact) mass is 442 g/mol. The minimum atomic E-state index is -1.22.